The van der Waals surface area contributed by atoms with Gasteiger partial charge in [0.1, 0.15) is 0 Å². The van der Waals surface area contributed by atoms with E-state index in [-0.39, 0.29) is 0 Å². The summed E-state index contributed by atoms with van der Waals surface area (Å²) in [5.74, 6) is 1.65. The predicted molar refractivity (Wildman–Crippen MR) is 80.2 cm³/mol. The highest BCUT2D eigenvalue weighted by atomic mass is 32.2. The van der Waals surface area contributed by atoms with Gasteiger partial charge in [-0.1, -0.05) is 12.5 Å². The highest BCUT2D eigenvalue weighted by Crippen LogP contribution is 2.45. The summed E-state index contributed by atoms with van der Waals surface area (Å²) in [5.41, 5.74) is 0.922. The maximum Gasteiger partial charge on any atom is 0.242 e. The highest BCUT2D eigenvalue weighted by Gasteiger charge is 2.39. The van der Waals surface area contributed by atoms with Crippen LogP contribution in [0.4, 0.5) is 5.69 Å². The minimum absolute atomic E-state index is 0.357. The molecule has 0 aliphatic heterocycles. The van der Waals surface area contributed by atoms with Crippen molar-refractivity contribution in [1.82, 2.24) is 4.31 Å². The van der Waals surface area contributed by atoms with Gasteiger partial charge in [-0.15, -0.1) is 0 Å². The number of nitrogens with one attached hydrogen (secondary N) is 1. The average molecular weight is 294 g/mol. The van der Waals surface area contributed by atoms with Crippen molar-refractivity contribution in [2.45, 2.75) is 36.6 Å². The van der Waals surface area contributed by atoms with Crippen molar-refractivity contribution >= 4 is 15.7 Å². The SMILES string of the molecule is CN(C)S(=O)(=O)c1cccc(NC2CC3CCC2C3)c1. The molecule has 1 aromatic rings. The fourth-order valence-corrected chi connectivity index (χ4v) is 4.54. The molecular formula is C15H22N2O2S. The Balaban J connectivity index is 1.78. The van der Waals surface area contributed by atoms with Gasteiger partial charge in [-0.3, -0.25) is 0 Å². The normalized spacial score (nSPS) is 29.1. The van der Waals surface area contributed by atoms with Crippen LogP contribution in [-0.4, -0.2) is 32.9 Å². The van der Waals surface area contributed by atoms with E-state index in [1.54, 1.807) is 26.2 Å². The number of anilines is 1. The van der Waals surface area contributed by atoms with Crippen LogP contribution in [0.25, 0.3) is 0 Å². The summed E-state index contributed by atoms with van der Waals surface area (Å²) < 4.78 is 25.5. The summed E-state index contributed by atoms with van der Waals surface area (Å²) >= 11 is 0. The van der Waals surface area contributed by atoms with Crippen LogP contribution in [0, 0.1) is 11.8 Å². The fourth-order valence-electron chi connectivity index (χ4n) is 3.59. The first-order chi connectivity index (χ1) is 9.46. The van der Waals surface area contributed by atoms with E-state index < -0.39 is 10.0 Å². The first kappa shape index (κ1) is 13.9. The summed E-state index contributed by atoms with van der Waals surface area (Å²) in [6, 6.07) is 7.70. The molecule has 3 unspecified atom stereocenters. The molecule has 2 bridgehead atoms. The molecule has 2 aliphatic rings. The second kappa shape index (κ2) is 5.04. The van der Waals surface area contributed by atoms with Gasteiger partial charge in [0.05, 0.1) is 4.90 Å². The van der Waals surface area contributed by atoms with E-state index in [1.165, 1.54) is 30.0 Å². The van der Waals surface area contributed by atoms with Crippen LogP contribution >= 0.6 is 0 Å². The largest absolute Gasteiger partial charge is 0.382 e. The Hall–Kier alpha value is -1.07. The molecule has 3 atom stereocenters. The van der Waals surface area contributed by atoms with Crippen molar-refractivity contribution in [3.05, 3.63) is 24.3 Å². The lowest BCUT2D eigenvalue weighted by Gasteiger charge is -2.24. The summed E-state index contributed by atoms with van der Waals surface area (Å²) in [4.78, 5) is 0.357. The molecular weight excluding hydrogens is 272 g/mol. The quantitative estimate of drug-likeness (QED) is 0.928. The third kappa shape index (κ3) is 2.44. The average Bonchev–Trinajstić information content (AvgIpc) is 3.01. The number of hydrogen-bond acceptors (Lipinski definition) is 3. The number of hydrogen-bond donors (Lipinski definition) is 1. The van der Waals surface area contributed by atoms with Gasteiger partial charge in [-0.2, -0.15) is 0 Å². The minimum atomic E-state index is -3.35. The molecule has 1 N–H and O–H groups in total. The van der Waals surface area contributed by atoms with E-state index in [4.69, 9.17) is 0 Å². The molecule has 2 aliphatic carbocycles. The van der Waals surface area contributed by atoms with E-state index in [0.717, 1.165) is 17.5 Å². The van der Waals surface area contributed by atoms with Crippen LogP contribution in [0.15, 0.2) is 29.2 Å². The van der Waals surface area contributed by atoms with Gasteiger partial charge >= 0.3 is 0 Å². The number of rotatable bonds is 4. The van der Waals surface area contributed by atoms with Crippen LogP contribution in [-0.2, 0) is 10.0 Å². The summed E-state index contributed by atoms with van der Waals surface area (Å²) in [5, 5.41) is 3.54. The lowest BCUT2D eigenvalue weighted by Crippen LogP contribution is -2.26. The Bertz CT molecular complexity index is 598. The molecule has 1 aromatic carbocycles. The van der Waals surface area contributed by atoms with Crippen LogP contribution in [0.5, 0.6) is 0 Å². The van der Waals surface area contributed by atoms with Gasteiger partial charge < -0.3 is 5.32 Å². The molecule has 0 saturated heterocycles. The van der Waals surface area contributed by atoms with Gasteiger partial charge in [0.25, 0.3) is 0 Å². The van der Waals surface area contributed by atoms with Gasteiger partial charge in [-0.25, -0.2) is 12.7 Å². The standard InChI is InChI=1S/C15H22N2O2S/c1-17(2)20(18,19)14-5-3-4-13(10-14)16-15-9-11-6-7-12(15)8-11/h3-5,10-12,15-16H,6-9H2,1-2H3. The Morgan fingerprint density at radius 1 is 1.20 bits per heavy atom. The van der Waals surface area contributed by atoms with Gasteiger partial charge in [0.2, 0.25) is 10.0 Å². The number of sulfonamides is 1. The molecule has 2 saturated carbocycles. The molecule has 0 spiro atoms. The van der Waals surface area contributed by atoms with E-state index in [9.17, 15) is 8.42 Å². The Kier molecular flexibility index (Phi) is 3.50. The molecule has 0 amide bonds. The Labute approximate surface area is 121 Å². The van der Waals surface area contributed by atoms with Gasteiger partial charge in [0, 0.05) is 25.8 Å². The van der Waals surface area contributed by atoms with E-state index in [2.05, 4.69) is 5.32 Å². The molecule has 0 heterocycles. The van der Waals surface area contributed by atoms with E-state index in [1.807, 2.05) is 12.1 Å². The second-order valence-electron chi connectivity index (χ2n) is 6.24. The third-order valence-electron chi connectivity index (χ3n) is 4.70. The van der Waals surface area contributed by atoms with Crippen LogP contribution in [0.3, 0.4) is 0 Å². The fraction of sp³-hybridized carbons (Fsp3) is 0.600. The first-order valence-electron chi connectivity index (χ1n) is 7.26. The molecule has 2 fully saturated rings. The van der Waals surface area contributed by atoms with Crippen LogP contribution in [0.2, 0.25) is 0 Å². The van der Waals surface area contributed by atoms with Crippen molar-refractivity contribution in [2.24, 2.45) is 11.8 Å². The van der Waals surface area contributed by atoms with Crippen molar-refractivity contribution < 1.29 is 8.42 Å². The lowest BCUT2D eigenvalue weighted by atomic mass is 9.95. The van der Waals surface area contributed by atoms with Crippen molar-refractivity contribution in [2.75, 3.05) is 19.4 Å². The van der Waals surface area contributed by atoms with Crippen LogP contribution < -0.4 is 5.32 Å². The third-order valence-corrected chi connectivity index (χ3v) is 6.51. The van der Waals surface area contributed by atoms with Gasteiger partial charge in [-0.05, 0) is 49.3 Å². The predicted octanol–water partition coefficient (Wildman–Crippen LogP) is 2.54. The van der Waals surface area contributed by atoms with Crippen molar-refractivity contribution in [3.8, 4) is 0 Å². The smallest absolute Gasteiger partial charge is 0.242 e. The zero-order chi connectivity index (χ0) is 14.3. The molecule has 0 aromatic heterocycles. The minimum Gasteiger partial charge on any atom is -0.382 e. The lowest BCUT2D eigenvalue weighted by molar-refractivity contribution is 0.439. The number of fused-ring (bicyclic) bond motifs is 2. The van der Waals surface area contributed by atoms with E-state index >= 15 is 0 Å². The van der Waals surface area contributed by atoms with Gasteiger partial charge in [0.15, 0.2) is 0 Å². The molecule has 3 rings (SSSR count). The summed E-state index contributed by atoms with van der Waals surface area (Å²) in [7, 11) is -0.228. The highest BCUT2D eigenvalue weighted by molar-refractivity contribution is 7.89. The maximum absolute atomic E-state index is 12.1. The Morgan fingerprint density at radius 3 is 2.60 bits per heavy atom. The van der Waals surface area contributed by atoms with Crippen LogP contribution in [0.1, 0.15) is 25.7 Å². The first-order valence-corrected chi connectivity index (χ1v) is 8.70. The maximum atomic E-state index is 12.1. The molecule has 110 valence electrons. The monoisotopic (exact) mass is 294 g/mol. The zero-order valence-electron chi connectivity index (χ0n) is 12.0. The Morgan fingerprint density at radius 2 is 2.00 bits per heavy atom. The molecule has 20 heavy (non-hydrogen) atoms. The van der Waals surface area contributed by atoms with Crippen molar-refractivity contribution in [3.63, 3.8) is 0 Å². The van der Waals surface area contributed by atoms with E-state index in [0.29, 0.717) is 10.9 Å². The number of nitrogens with zero attached hydrogens (tertiary/aromatic N) is 1. The van der Waals surface area contributed by atoms with Crippen molar-refractivity contribution in [1.29, 1.82) is 0 Å². The second-order valence-corrected chi connectivity index (χ2v) is 8.39. The number of benzene rings is 1. The summed E-state index contributed by atoms with van der Waals surface area (Å²) in [6.07, 6.45) is 5.26. The zero-order valence-corrected chi connectivity index (χ0v) is 12.9. The topological polar surface area (TPSA) is 49.4 Å². The molecule has 0 radical (unpaired) electrons. The summed E-state index contributed by atoms with van der Waals surface area (Å²) in [6.45, 7) is 0. The molecule has 5 heteroatoms. The molecule has 4 nitrogen and oxygen atoms in total.